The van der Waals surface area contributed by atoms with Gasteiger partial charge in [0.1, 0.15) is 5.82 Å². The fourth-order valence-corrected chi connectivity index (χ4v) is 1.71. The molecule has 0 fully saturated rings. The number of ether oxygens (including phenoxy) is 1. The Morgan fingerprint density at radius 1 is 1.28 bits per heavy atom. The van der Waals surface area contributed by atoms with Crippen LogP contribution in [0.5, 0.6) is 0 Å². The van der Waals surface area contributed by atoms with Crippen molar-refractivity contribution in [1.29, 1.82) is 0 Å². The van der Waals surface area contributed by atoms with Crippen molar-refractivity contribution in [2.75, 3.05) is 19.7 Å². The fourth-order valence-electron chi connectivity index (χ4n) is 1.71. The molecular weight excluding hydrogens is 229 g/mol. The highest BCUT2D eigenvalue weighted by molar-refractivity contribution is 5.20. The zero-order chi connectivity index (χ0) is 13.4. The first-order valence-corrected chi connectivity index (χ1v) is 6.71. The van der Waals surface area contributed by atoms with Crippen molar-refractivity contribution < 1.29 is 9.13 Å². The normalized spacial score (nSPS) is 12.9. The molecule has 3 heteroatoms. The highest BCUT2D eigenvalue weighted by Crippen LogP contribution is 2.20. The summed E-state index contributed by atoms with van der Waals surface area (Å²) in [7, 11) is 0. The molecule has 0 radical (unpaired) electrons. The van der Waals surface area contributed by atoms with Gasteiger partial charge in [-0.05, 0) is 24.9 Å². The maximum Gasteiger partial charge on any atom is 0.129 e. The lowest BCUT2D eigenvalue weighted by molar-refractivity contribution is 0.0331. The Hall–Kier alpha value is -0.930. The third-order valence-electron chi connectivity index (χ3n) is 2.64. The molecule has 0 saturated heterocycles. The molecule has 1 unspecified atom stereocenters. The van der Waals surface area contributed by atoms with Crippen molar-refractivity contribution in [3.05, 3.63) is 35.6 Å². The van der Waals surface area contributed by atoms with Crippen LogP contribution in [0.4, 0.5) is 4.39 Å². The molecule has 0 amide bonds. The first kappa shape index (κ1) is 15.1. The van der Waals surface area contributed by atoms with Gasteiger partial charge in [-0.3, -0.25) is 0 Å². The largest absolute Gasteiger partial charge is 0.372 e. The van der Waals surface area contributed by atoms with Crippen molar-refractivity contribution in [3.63, 3.8) is 0 Å². The van der Waals surface area contributed by atoms with Crippen LogP contribution < -0.4 is 5.32 Å². The maximum atomic E-state index is 13.8. The summed E-state index contributed by atoms with van der Waals surface area (Å²) in [4.78, 5) is 0. The number of rotatable bonds is 8. The van der Waals surface area contributed by atoms with Gasteiger partial charge in [0.15, 0.2) is 0 Å². The second kappa shape index (κ2) is 8.22. The van der Waals surface area contributed by atoms with E-state index in [0.717, 1.165) is 13.0 Å². The monoisotopic (exact) mass is 253 g/mol. The molecule has 0 aliphatic heterocycles. The summed E-state index contributed by atoms with van der Waals surface area (Å²) in [6, 6.07) is 6.84. The van der Waals surface area contributed by atoms with Gasteiger partial charge in [0.05, 0.1) is 6.10 Å². The minimum absolute atomic E-state index is 0.190. The molecule has 0 saturated carbocycles. The van der Waals surface area contributed by atoms with Gasteiger partial charge in [-0.2, -0.15) is 0 Å². The molecule has 1 rings (SSSR count). The summed E-state index contributed by atoms with van der Waals surface area (Å²) in [5.74, 6) is 0.259. The van der Waals surface area contributed by atoms with E-state index in [1.165, 1.54) is 6.07 Å². The zero-order valence-corrected chi connectivity index (χ0v) is 11.6. The van der Waals surface area contributed by atoms with Gasteiger partial charge in [0.2, 0.25) is 0 Å². The van der Waals surface area contributed by atoms with Crippen molar-refractivity contribution in [2.45, 2.75) is 33.3 Å². The van der Waals surface area contributed by atoms with E-state index in [4.69, 9.17) is 4.74 Å². The Kier molecular flexibility index (Phi) is 6.91. The average Bonchev–Trinajstić information content (AvgIpc) is 2.34. The van der Waals surface area contributed by atoms with Crippen LogP contribution in [-0.2, 0) is 4.74 Å². The molecule has 0 aliphatic rings. The molecule has 0 bridgehead atoms. The number of nitrogens with one attached hydrogen (secondary N) is 1. The lowest BCUT2D eigenvalue weighted by atomic mass is 10.1. The van der Waals surface area contributed by atoms with Crippen molar-refractivity contribution in [3.8, 4) is 0 Å². The van der Waals surface area contributed by atoms with E-state index in [0.29, 0.717) is 24.6 Å². The van der Waals surface area contributed by atoms with Gasteiger partial charge in [-0.1, -0.05) is 39.0 Å². The van der Waals surface area contributed by atoms with E-state index in [1.807, 2.05) is 6.07 Å². The zero-order valence-electron chi connectivity index (χ0n) is 11.6. The van der Waals surface area contributed by atoms with Crippen molar-refractivity contribution in [2.24, 2.45) is 5.92 Å². The van der Waals surface area contributed by atoms with Crippen molar-refractivity contribution in [1.82, 2.24) is 5.32 Å². The summed E-state index contributed by atoms with van der Waals surface area (Å²) < 4.78 is 19.6. The summed E-state index contributed by atoms with van der Waals surface area (Å²) in [5, 5.41) is 3.29. The smallest absolute Gasteiger partial charge is 0.129 e. The Bertz CT molecular complexity index is 341. The average molecular weight is 253 g/mol. The first-order valence-electron chi connectivity index (χ1n) is 6.71. The third kappa shape index (κ3) is 5.15. The van der Waals surface area contributed by atoms with Crippen LogP contribution in [0, 0.1) is 11.7 Å². The lowest BCUT2D eigenvalue weighted by Crippen LogP contribution is -2.25. The Morgan fingerprint density at radius 3 is 2.61 bits per heavy atom. The molecule has 1 aromatic carbocycles. The molecule has 0 heterocycles. The Balaban J connectivity index is 2.66. The predicted octanol–water partition coefficient (Wildman–Crippen LogP) is 3.54. The molecule has 1 atom stereocenters. The Morgan fingerprint density at radius 2 is 2.00 bits per heavy atom. The second-order valence-electron chi connectivity index (χ2n) is 4.94. The molecule has 2 nitrogen and oxygen atoms in total. The van der Waals surface area contributed by atoms with Crippen LogP contribution in [-0.4, -0.2) is 19.7 Å². The predicted molar refractivity (Wildman–Crippen MR) is 73.1 cm³/mol. The van der Waals surface area contributed by atoms with Gasteiger partial charge in [0.25, 0.3) is 0 Å². The van der Waals surface area contributed by atoms with E-state index in [9.17, 15) is 4.39 Å². The first-order chi connectivity index (χ1) is 8.65. The van der Waals surface area contributed by atoms with Gasteiger partial charge < -0.3 is 10.1 Å². The van der Waals surface area contributed by atoms with E-state index in [-0.39, 0.29) is 11.9 Å². The van der Waals surface area contributed by atoms with E-state index in [1.54, 1.807) is 12.1 Å². The van der Waals surface area contributed by atoms with Gasteiger partial charge in [0, 0.05) is 18.7 Å². The van der Waals surface area contributed by atoms with Gasteiger partial charge >= 0.3 is 0 Å². The molecule has 0 aromatic heterocycles. The van der Waals surface area contributed by atoms with Crippen molar-refractivity contribution >= 4 is 0 Å². The number of benzene rings is 1. The Labute approximate surface area is 110 Å². The van der Waals surface area contributed by atoms with Gasteiger partial charge in [-0.25, -0.2) is 4.39 Å². The van der Waals surface area contributed by atoms with Gasteiger partial charge in [-0.15, -0.1) is 0 Å². The second-order valence-corrected chi connectivity index (χ2v) is 4.94. The number of hydrogen-bond donors (Lipinski definition) is 1. The van der Waals surface area contributed by atoms with Crippen LogP contribution in [0.1, 0.15) is 38.9 Å². The van der Waals surface area contributed by atoms with Crippen LogP contribution in [0.25, 0.3) is 0 Å². The SMILES string of the molecule is CCCNCC(OCC(C)C)c1ccccc1F. The lowest BCUT2D eigenvalue weighted by Gasteiger charge is -2.20. The van der Waals surface area contributed by atoms with Crippen LogP contribution in [0.15, 0.2) is 24.3 Å². The summed E-state index contributed by atoms with van der Waals surface area (Å²) in [6.07, 6.45) is 0.855. The number of halogens is 1. The molecule has 1 aromatic rings. The molecular formula is C15H24FNO. The molecule has 18 heavy (non-hydrogen) atoms. The highest BCUT2D eigenvalue weighted by Gasteiger charge is 2.16. The van der Waals surface area contributed by atoms with Crippen LogP contribution >= 0.6 is 0 Å². The topological polar surface area (TPSA) is 21.3 Å². The quantitative estimate of drug-likeness (QED) is 0.715. The molecule has 0 aliphatic carbocycles. The molecule has 1 N–H and O–H groups in total. The van der Waals surface area contributed by atoms with E-state index >= 15 is 0 Å². The number of hydrogen-bond acceptors (Lipinski definition) is 2. The van der Waals surface area contributed by atoms with E-state index < -0.39 is 0 Å². The third-order valence-corrected chi connectivity index (χ3v) is 2.64. The highest BCUT2D eigenvalue weighted by atomic mass is 19.1. The summed E-state index contributed by atoms with van der Waals surface area (Å²) >= 11 is 0. The summed E-state index contributed by atoms with van der Waals surface area (Å²) in [6.45, 7) is 8.53. The van der Waals surface area contributed by atoms with Crippen LogP contribution in [0.2, 0.25) is 0 Å². The maximum absolute atomic E-state index is 13.8. The molecule has 102 valence electrons. The molecule has 0 spiro atoms. The van der Waals surface area contributed by atoms with E-state index in [2.05, 4.69) is 26.1 Å². The van der Waals surface area contributed by atoms with Crippen LogP contribution in [0.3, 0.4) is 0 Å². The summed E-state index contributed by atoms with van der Waals surface area (Å²) in [5.41, 5.74) is 0.641. The standard InChI is InChI=1S/C15H24FNO/c1-4-9-17-10-15(18-11-12(2)3)13-7-5-6-8-14(13)16/h5-8,12,15,17H,4,9-11H2,1-3H3. The fraction of sp³-hybridized carbons (Fsp3) is 0.600. The minimum Gasteiger partial charge on any atom is -0.372 e. The minimum atomic E-state index is -0.208.